The Morgan fingerprint density at radius 2 is 1.92 bits per heavy atom. The standard InChI is InChI=1S/C18H18BrN3O4/c1-11(21-18(25)12-3-6-15(26-2)7-4-12)17(24)22-20-10-13-9-14(19)5-8-16(13)23/h3-11,23H,1-2H3,(H,21,25)(H,22,24). The van der Waals surface area contributed by atoms with Gasteiger partial charge in [-0.05, 0) is 49.4 Å². The van der Waals surface area contributed by atoms with E-state index in [1.54, 1.807) is 43.3 Å². The second kappa shape index (κ2) is 9.00. The molecule has 0 saturated heterocycles. The number of hydrogen-bond acceptors (Lipinski definition) is 5. The number of benzene rings is 2. The summed E-state index contributed by atoms with van der Waals surface area (Å²) in [5.74, 6) is -0.203. The average Bonchev–Trinajstić information content (AvgIpc) is 2.64. The van der Waals surface area contributed by atoms with E-state index in [1.165, 1.54) is 19.4 Å². The van der Waals surface area contributed by atoms with E-state index in [1.807, 2.05) is 0 Å². The van der Waals surface area contributed by atoms with Crippen molar-refractivity contribution in [3.63, 3.8) is 0 Å². The molecule has 2 rings (SSSR count). The molecule has 0 bridgehead atoms. The van der Waals surface area contributed by atoms with E-state index in [4.69, 9.17) is 4.74 Å². The molecule has 1 atom stereocenters. The number of rotatable bonds is 6. The van der Waals surface area contributed by atoms with Gasteiger partial charge in [-0.3, -0.25) is 9.59 Å². The summed E-state index contributed by atoms with van der Waals surface area (Å²) in [5, 5.41) is 16.1. The minimum atomic E-state index is -0.794. The zero-order valence-electron chi connectivity index (χ0n) is 14.2. The highest BCUT2D eigenvalue weighted by atomic mass is 79.9. The van der Waals surface area contributed by atoms with Crippen LogP contribution in [0.15, 0.2) is 52.0 Å². The van der Waals surface area contributed by atoms with Crippen molar-refractivity contribution < 1.29 is 19.4 Å². The van der Waals surface area contributed by atoms with Crippen LogP contribution in [0.1, 0.15) is 22.8 Å². The monoisotopic (exact) mass is 419 g/mol. The maximum absolute atomic E-state index is 12.1. The number of carbonyl (C=O) groups is 2. The molecule has 2 aromatic carbocycles. The lowest BCUT2D eigenvalue weighted by Crippen LogP contribution is -2.43. The van der Waals surface area contributed by atoms with Crippen LogP contribution >= 0.6 is 15.9 Å². The predicted molar refractivity (Wildman–Crippen MR) is 101 cm³/mol. The number of nitrogens with one attached hydrogen (secondary N) is 2. The lowest BCUT2D eigenvalue weighted by molar-refractivity contribution is -0.122. The minimum absolute atomic E-state index is 0.0343. The van der Waals surface area contributed by atoms with E-state index in [-0.39, 0.29) is 11.7 Å². The third-order valence-corrected chi connectivity index (χ3v) is 3.95. The van der Waals surface area contributed by atoms with E-state index in [0.29, 0.717) is 16.9 Å². The van der Waals surface area contributed by atoms with Gasteiger partial charge in [0.2, 0.25) is 0 Å². The Bertz CT molecular complexity index is 822. The maximum atomic E-state index is 12.1. The molecule has 0 aliphatic heterocycles. The summed E-state index contributed by atoms with van der Waals surface area (Å²) in [6.45, 7) is 1.54. The molecule has 2 amide bonds. The van der Waals surface area contributed by atoms with Gasteiger partial charge in [0.1, 0.15) is 17.5 Å². The summed E-state index contributed by atoms with van der Waals surface area (Å²) in [7, 11) is 1.54. The molecule has 2 aromatic rings. The van der Waals surface area contributed by atoms with Gasteiger partial charge in [0.05, 0.1) is 13.3 Å². The van der Waals surface area contributed by atoms with Crippen molar-refractivity contribution in [3.05, 3.63) is 58.1 Å². The largest absolute Gasteiger partial charge is 0.507 e. The number of aromatic hydroxyl groups is 1. The summed E-state index contributed by atoms with van der Waals surface area (Å²) in [4.78, 5) is 24.1. The first kappa shape index (κ1) is 19.5. The fourth-order valence-electron chi connectivity index (χ4n) is 1.98. The quantitative estimate of drug-likeness (QED) is 0.494. The molecule has 0 radical (unpaired) electrons. The van der Waals surface area contributed by atoms with Gasteiger partial charge in [-0.25, -0.2) is 5.43 Å². The van der Waals surface area contributed by atoms with Gasteiger partial charge in [0, 0.05) is 15.6 Å². The molecule has 0 aromatic heterocycles. The zero-order chi connectivity index (χ0) is 19.1. The number of hydrazone groups is 1. The third-order valence-electron chi connectivity index (χ3n) is 3.46. The van der Waals surface area contributed by atoms with E-state index in [0.717, 1.165) is 4.47 Å². The Labute approximate surface area is 159 Å². The topological polar surface area (TPSA) is 100 Å². The van der Waals surface area contributed by atoms with Gasteiger partial charge >= 0.3 is 0 Å². The number of ether oxygens (including phenoxy) is 1. The second-order valence-electron chi connectivity index (χ2n) is 5.36. The van der Waals surface area contributed by atoms with E-state index < -0.39 is 11.9 Å². The van der Waals surface area contributed by atoms with Gasteiger partial charge < -0.3 is 15.2 Å². The normalized spacial score (nSPS) is 11.8. The summed E-state index contributed by atoms with van der Waals surface area (Å²) in [6.07, 6.45) is 1.32. The fourth-order valence-corrected chi connectivity index (χ4v) is 2.36. The van der Waals surface area contributed by atoms with E-state index >= 15 is 0 Å². The highest BCUT2D eigenvalue weighted by Gasteiger charge is 2.16. The summed E-state index contributed by atoms with van der Waals surface area (Å²) in [6, 6.07) is 10.6. The molecule has 26 heavy (non-hydrogen) atoms. The molecule has 0 saturated carbocycles. The number of carbonyl (C=O) groups excluding carboxylic acids is 2. The Kier molecular flexibility index (Phi) is 6.74. The van der Waals surface area contributed by atoms with E-state index in [9.17, 15) is 14.7 Å². The van der Waals surface area contributed by atoms with Crippen LogP contribution in [0.3, 0.4) is 0 Å². The predicted octanol–water partition coefficient (Wildman–Crippen LogP) is 2.43. The number of halogens is 1. The first-order chi connectivity index (χ1) is 12.4. The van der Waals surface area contributed by atoms with Gasteiger partial charge in [-0.1, -0.05) is 15.9 Å². The van der Waals surface area contributed by atoms with E-state index in [2.05, 4.69) is 31.8 Å². The lowest BCUT2D eigenvalue weighted by Gasteiger charge is -2.12. The van der Waals surface area contributed by atoms with Crippen LogP contribution in [-0.4, -0.2) is 36.3 Å². The Balaban J connectivity index is 1.91. The summed E-state index contributed by atoms with van der Waals surface area (Å²) >= 11 is 3.28. The van der Waals surface area contributed by atoms with Crippen LogP contribution in [0.5, 0.6) is 11.5 Å². The summed E-state index contributed by atoms with van der Waals surface area (Å²) in [5.41, 5.74) is 3.17. The first-order valence-electron chi connectivity index (χ1n) is 7.67. The minimum Gasteiger partial charge on any atom is -0.507 e. The van der Waals surface area contributed by atoms with Crippen molar-refractivity contribution in [1.29, 1.82) is 0 Å². The zero-order valence-corrected chi connectivity index (χ0v) is 15.8. The molecule has 1 unspecified atom stereocenters. The molecule has 7 nitrogen and oxygen atoms in total. The van der Waals surface area contributed by atoms with Crippen molar-refractivity contribution in [3.8, 4) is 11.5 Å². The molecule has 0 fully saturated rings. The Hall–Kier alpha value is -2.87. The molecular formula is C18H18BrN3O4. The van der Waals surface area contributed by atoms with Crippen LogP contribution < -0.4 is 15.5 Å². The fraction of sp³-hybridized carbons (Fsp3) is 0.167. The first-order valence-corrected chi connectivity index (χ1v) is 8.46. The van der Waals surface area contributed by atoms with Crippen molar-refractivity contribution in [1.82, 2.24) is 10.7 Å². The molecule has 136 valence electrons. The average molecular weight is 420 g/mol. The molecular weight excluding hydrogens is 402 g/mol. The Morgan fingerprint density at radius 1 is 1.23 bits per heavy atom. The number of phenolic OH excluding ortho intramolecular Hbond substituents is 1. The third kappa shape index (κ3) is 5.32. The molecule has 0 spiro atoms. The number of phenols is 1. The molecule has 0 heterocycles. The van der Waals surface area contributed by atoms with Crippen LogP contribution in [0.25, 0.3) is 0 Å². The smallest absolute Gasteiger partial charge is 0.262 e. The second-order valence-corrected chi connectivity index (χ2v) is 6.28. The van der Waals surface area contributed by atoms with Crippen molar-refractivity contribution in [2.75, 3.05) is 7.11 Å². The SMILES string of the molecule is COc1ccc(C(=O)NC(C)C(=O)NN=Cc2cc(Br)ccc2O)cc1. The van der Waals surface area contributed by atoms with Crippen LogP contribution in [0.2, 0.25) is 0 Å². The van der Waals surface area contributed by atoms with Crippen molar-refractivity contribution >= 4 is 34.0 Å². The lowest BCUT2D eigenvalue weighted by atomic mass is 10.2. The molecule has 0 aliphatic rings. The highest BCUT2D eigenvalue weighted by Crippen LogP contribution is 2.19. The Morgan fingerprint density at radius 3 is 2.58 bits per heavy atom. The van der Waals surface area contributed by atoms with Crippen LogP contribution in [0.4, 0.5) is 0 Å². The number of nitrogens with zero attached hydrogens (tertiary/aromatic N) is 1. The van der Waals surface area contributed by atoms with Crippen molar-refractivity contribution in [2.45, 2.75) is 13.0 Å². The molecule has 0 aliphatic carbocycles. The van der Waals surface area contributed by atoms with Crippen LogP contribution in [-0.2, 0) is 4.79 Å². The van der Waals surface area contributed by atoms with Gasteiger partial charge in [0.15, 0.2) is 0 Å². The van der Waals surface area contributed by atoms with Gasteiger partial charge in [-0.2, -0.15) is 5.10 Å². The van der Waals surface area contributed by atoms with Crippen molar-refractivity contribution in [2.24, 2.45) is 5.10 Å². The number of methoxy groups -OCH3 is 1. The number of hydrogen-bond donors (Lipinski definition) is 3. The molecule has 8 heteroatoms. The number of amides is 2. The highest BCUT2D eigenvalue weighted by molar-refractivity contribution is 9.10. The van der Waals surface area contributed by atoms with Gasteiger partial charge in [-0.15, -0.1) is 0 Å². The van der Waals surface area contributed by atoms with Gasteiger partial charge in [0.25, 0.3) is 11.8 Å². The van der Waals surface area contributed by atoms with Crippen LogP contribution in [0, 0.1) is 0 Å². The maximum Gasteiger partial charge on any atom is 0.262 e. The molecule has 3 N–H and O–H groups in total. The summed E-state index contributed by atoms with van der Waals surface area (Å²) < 4.78 is 5.80.